The van der Waals surface area contributed by atoms with Crippen molar-refractivity contribution in [2.24, 2.45) is 0 Å². The summed E-state index contributed by atoms with van der Waals surface area (Å²) < 4.78 is 0. The highest BCUT2D eigenvalue weighted by atomic mass is 16.1. The molecule has 0 atom stereocenters. The van der Waals surface area contributed by atoms with Gasteiger partial charge in [-0.3, -0.25) is 9.59 Å². The average Bonchev–Trinajstić information content (AvgIpc) is 2.43. The molecule has 4 heteroatoms. The molecule has 1 aliphatic rings. The van der Waals surface area contributed by atoms with E-state index in [2.05, 4.69) is 0 Å². The van der Waals surface area contributed by atoms with Crippen molar-refractivity contribution < 1.29 is 9.59 Å². The number of rotatable bonds is 3. The summed E-state index contributed by atoms with van der Waals surface area (Å²) in [6, 6.07) is 8.97. The zero-order valence-corrected chi connectivity index (χ0v) is 12.2. The molecule has 0 aromatic heterocycles. The van der Waals surface area contributed by atoms with E-state index in [1.54, 1.807) is 12.1 Å². The van der Waals surface area contributed by atoms with Gasteiger partial charge in [0.1, 0.15) is 11.4 Å². The van der Waals surface area contributed by atoms with E-state index in [0.29, 0.717) is 5.56 Å². The van der Waals surface area contributed by atoms with Crippen LogP contribution in [0.5, 0.6) is 0 Å². The second-order valence-electron chi connectivity index (χ2n) is 5.15. The van der Waals surface area contributed by atoms with Crippen LogP contribution >= 0.6 is 0 Å². The van der Waals surface area contributed by atoms with Gasteiger partial charge in [0.2, 0.25) is 0 Å². The van der Waals surface area contributed by atoms with E-state index in [9.17, 15) is 9.59 Å². The molecule has 0 N–H and O–H groups in total. The molecule has 2 rings (SSSR count). The smallest absolute Gasteiger partial charge is 0.200 e. The van der Waals surface area contributed by atoms with Gasteiger partial charge in [0, 0.05) is 32.7 Å². The summed E-state index contributed by atoms with van der Waals surface area (Å²) in [5, 5.41) is 0. The molecule has 1 saturated heterocycles. The van der Waals surface area contributed by atoms with Gasteiger partial charge in [-0.05, 0) is 13.3 Å². The normalized spacial score (nSPS) is 15.2. The molecular weight excluding hydrogens is 252 g/mol. The van der Waals surface area contributed by atoms with E-state index < -0.39 is 0 Å². The fourth-order valence-electron chi connectivity index (χ4n) is 2.58. The van der Waals surface area contributed by atoms with Crippen LogP contribution in [0.3, 0.4) is 0 Å². The summed E-state index contributed by atoms with van der Waals surface area (Å²) in [6.45, 7) is 3.18. The van der Waals surface area contributed by atoms with Crippen LogP contribution in [0.1, 0.15) is 23.7 Å². The number of hydrogen-bond acceptors (Lipinski definition) is 4. The van der Waals surface area contributed by atoms with E-state index in [1.165, 1.54) is 6.92 Å². The summed E-state index contributed by atoms with van der Waals surface area (Å²) in [6.07, 6.45) is 1.03. The highest BCUT2D eigenvalue weighted by Crippen LogP contribution is 2.22. The molecule has 0 bridgehead atoms. The van der Waals surface area contributed by atoms with E-state index in [4.69, 9.17) is 0 Å². The molecule has 106 valence electrons. The van der Waals surface area contributed by atoms with Crippen molar-refractivity contribution in [3.63, 3.8) is 0 Å². The monoisotopic (exact) mass is 272 g/mol. The van der Waals surface area contributed by atoms with Crippen molar-refractivity contribution in [3.05, 3.63) is 47.3 Å². The minimum absolute atomic E-state index is 0.186. The van der Waals surface area contributed by atoms with Gasteiger partial charge >= 0.3 is 0 Å². The molecule has 1 fully saturated rings. The predicted molar refractivity (Wildman–Crippen MR) is 78.4 cm³/mol. The van der Waals surface area contributed by atoms with Crippen molar-refractivity contribution in [3.8, 4) is 0 Å². The highest BCUT2D eigenvalue weighted by Gasteiger charge is 2.27. The average molecular weight is 272 g/mol. The maximum absolute atomic E-state index is 12.6. The molecular formula is C16H20N2O2. The molecule has 0 radical (unpaired) electrons. The fraction of sp³-hybridized carbons (Fsp3) is 0.375. The van der Waals surface area contributed by atoms with Crippen LogP contribution in [-0.4, -0.2) is 48.6 Å². The van der Waals surface area contributed by atoms with Crippen molar-refractivity contribution in [1.29, 1.82) is 0 Å². The predicted octanol–water partition coefficient (Wildman–Crippen LogP) is 1.94. The van der Waals surface area contributed by atoms with E-state index in [1.807, 2.05) is 42.1 Å². The third-order valence-electron chi connectivity index (χ3n) is 3.55. The number of hydrogen-bond donors (Lipinski definition) is 0. The van der Waals surface area contributed by atoms with Crippen LogP contribution in [0.4, 0.5) is 0 Å². The first-order valence-corrected chi connectivity index (χ1v) is 6.79. The van der Waals surface area contributed by atoms with Gasteiger partial charge in [0.25, 0.3) is 0 Å². The Balaban J connectivity index is 2.51. The Morgan fingerprint density at radius 1 is 1.00 bits per heavy atom. The Morgan fingerprint density at radius 2 is 1.55 bits per heavy atom. The van der Waals surface area contributed by atoms with Gasteiger partial charge in [0.05, 0.1) is 0 Å². The highest BCUT2D eigenvalue weighted by molar-refractivity contribution is 6.26. The first kappa shape index (κ1) is 14.3. The van der Waals surface area contributed by atoms with Crippen molar-refractivity contribution >= 4 is 11.6 Å². The summed E-state index contributed by atoms with van der Waals surface area (Å²) in [5.41, 5.74) is 0.832. The zero-order chi connectivity index (χ0) is 14.7. The molecule has 1 heterocycles. The lowest BCUT2D eigenvalue weighted by Crippen LogP contribution is -2.41. The van der Waals surface area contributed by atoms with Crippen LogP contribution in [0, 0.1) is 0 Å². The molecule has 1 aromatic carbocycles. The van der Waals surface area contributed by atoms with Gasteiger partial charge < -0.3 is 9.80 Å². The van der Waals surface area contributed by atoms with Crippen LogP contribution in [0.2, 0.25) is 0 Å². The third kappa shape index (κ3) is 2.74. The summed E-state index contributed by atoms with van der Waals surface area (Å²) >= 11 is 0. The molecule has 1 aliphatic heterocycles. The molecule has 0 spiro atoms. The van der Waals surface area contributed by atoms with E-state index in [-0.39, 0.29) is 17.1 Å². The van der Waals surface area contributed by atoms with Crippen LogP contribution in [-0.2, 0) is 4.79 Å². The lowest BCUT2D eigenvalue weighted by atomic mass is 9.99. The Bertz CT molecular complexity index is 537. The van der Waals surface area contributed by atoms with Crippen molar-refractivity contribution in [2.45, 2.75) is 13.3 Å². The van der Waals surface area contributed by atoms with E-state index in [0.717, 1.165) is 25.3 Å². The number of carbonyl (C=O) groups excluding carboxylic acids is 2. The number of nitrogens with zero attached hydrogens (tertiary/aromatic N) is 2. The second kappa shape index (κ2) is 5.90. The minimum Gasteiger partial charge on any atom is -0.361 e. The molecule has 0 saturated carbocycles. The van der Waals surface area contributed by atoms with Crippen LogP contribution < -0.4 is 0 Å². The molecule has 20 heavy (non-hydrogen) atoms. The van der Waals surface area contributed by atoms with Gasteiger partial charge in [-0.15, -0.1) is 0 Å². The number of benzene rings is 1. The zero-order valence-electron chi connectivity index (χ0n) is 12.2. The van der Waals surface area contributed by atoms with Crippen LogP contribution in [0.15, 0.2) is 41.7 Å². The second-order valence-corrected chi connectivity index (χ2v) is 5.15. The number of allylic oxidation sites excluding steroid dienone is 1. The quantitative estimate of drug-likeness (QED) is 0.365. The lowest BCUT2D eigenvalue weighted by Gasteiger charge is -2.37. The molecule has 0 unspecified atom stereocenters. The largest absolute Gasteiger partial charge is 0.361 e. The van der Waals surface area contributed by atoms with Gasteiger partial charge in [-0.2, -0.15) is 0 Å². The first-order valence-electron chi connectivity index (χ1n) is 6.79. The summed E-state index contributed by atoms with van der Waals surface area (Å²) in [4.78, 5) is 28.6. The molecule has 1 aromatic rings. The van der Waals surface area contributed by atoms with Crippen molar-refractivity contribution in [2.75, 3.05) is 27.2 Å². The van der Waals surface area contributed by atoms with Gasteiger partial charge in [-0.1, -0.05) is 30.3 Å². The lowest BCUT2D eigenvalue weighted by molar-refractivity contribution is -0.113. The Labute approximate surface area is 119 Å². The Morgan fingerprint density at radius 3 is 2.05 bits per heavy atom. The van der Waals surface area contributed by atoms with E-state index >= 15 is 0 Å². The maximum atomic E-state index is 12.6. The molecule has 0 aliphatic carbocycles. The topological polar surface area (TPSA) is 40.6 Å². The SMILES string of the molecule is CC(=O)C(C(=O)c1ccccc1)=C1N(C)CCCN1C. The summed E-state index contributed by atoms with van der Waals surface area (Å²) in [7, 11) is 3.85. The first-order chi connectivity index (χ1) is 9.52. The maximum Gasteiger partial charge on any atom is 0.200 e. The number of ketones is 2. The molecule has 0 amide bonds. The van der Waals surface area contributed by atoms with Crippen molar-refractivity contribution in [1.82, 2.24) is 9.80 Å². The Kier molecular flexibility index (Phi) is 4.23. The van der Waals surface area contributed by atoms with Crippen LogP contribution in [0.25, 0.3) is 0 Å². The minimum atomic E-state index is -0.200. The number of carbonyl (C=O) groups is 2. The number of Topliss-reactive ketones (excluding diaryl/α,β-unsaturated/α-hetero) is 2. The Hall–Kier alpha value is -2.10. The summed E-state index contributed by atoms with van der Waals surface area (Å²) in [5.74, 6) is 0.348. The van der Waals surface area contributed by atoms with Gasteiger partial charge in [-0.25, -0.2) is 0 Å². The molecule has 4 nitrogen and oxygen atoms in total. The van der Waals surface area contributed by atoms with Gasteiger partial charge in [0.15, 0.2) is 11.6 Å². The fourth-order valence-corrected chi connectivity index (χ4v) is 2.58. The standard InChI is InChI=1S/C16H20N2O2/c1-12(19)14(15(20)13-8-5-4-6-9-13)16-17(2)10-7-11-18(16)3/h4-6,8-9H,7,10-11H2,1-3H3. The third-order valence-corrected chi connectivity index (χ3v) is 3.55.